The van der Waals surface area contributed by atoms with Crippen molar-refractivity contribution in [2.75, 3.05) is 13.2 Å². The molecule has 34 heavy (non-hydrogen) atoms. The second kappa shape index (κ2) is 10.5. The molecule has 0 saturated carbocycles. The molecular weight excluding hydrogens is 432 g/mol. The van der Waals surface area contributed by atoms with Crippen LogP contribution in [-0.4, -0.2) is 19.2 Å². The molecule has 4 rings (SSSR count). The zero-order valence-corrected chi connectivity index (χ0v) is 18.7. The second-order valence-corrected chi connectivity index (χ2v) is 7.62. The molecule has 172 valence electrons. The van der Waals surface area contributed by atoms with E-state index < -0.39 is 11.9 Å². The normalized spacial score (nSPS) is 14.4. The summed E-state index contributed by atoms with van der Waals surface area (Å²) in [6.07, 6.45) is 0.915. The molecule has 0 spiro atoms. The molecule has 1 atom stereocenters. The van der Waals surface area contributed by atoms with Crippen LogP contribution in [0.5, 0.6) is 23.0 Å². The van der Waals surface area contributed by atoms with Crippen molar-refractivity contribution < 1.29 is 23.7 Å². The molecule has 1 aliphatic rings. The Bertz CT molecular complexity index is 1230. The molecular formula is C27H24N2O5. The van der Waals surface area contributed by atoms with Gasteiger partial charge < -0.3 is 24.7 Å². The van der Waals surface area contributed by atoms with Gasteiger partial charge in [0.05, 0.1) is 12.5 Å². The third-order valence-corrected chi connectivity index (χ3v) is 5.21. The van der Waals surface area contributed by atoms with Gasteiger partial charge in [0.2, 0.25) is 5.88 Å². The fraction of sp³-hybridized carbons (Fsp3) is 0.185. The number of nitrogens with zero attached hydrogens (tertiary/aromatic N) is 1. The van der Waals surface area contributed by atoms with E-state index in [0.717, 1.165) is 23.3 Å². The standard InChI is InChI=1S/C27H24N2O5/c1-2-14-31-20-10-8-18(9-11-20)26-22-13-12-21(15-24(22)34-27(29)23(26)16-28)33-25(30)17-32-19-6-4-3-5-7-19/h3-13,15,26H,2,14,17,29H2,1H3. The molecule has 0 bridgehead atoms. The van der Waals surface area contributed by atoms with Crippen molar-refractivity contribution in [3.8, 4) is 29.1 Å². The molecule has 0 radical (unpaired) electrons. The van der Waals surface area contributed by atoms with Crippen LogP contribution in [0.25, 0.3) is 0 Å². The number of allylic oxidation sites excluding steroid dienone is 1. The van der Waals surface area contributed by atoms with Gasteiger partial charge in [-0.1, -0.05) is 43.3 Å². The number of para-hydroxylation sites is 1. The largest absolute Gasteiger partial charge is 0.494 e. The summed E-state index contributed by atoms with van der Waals surface area (Å²) in [6, 6.07) is 23.7. The van der Waals surface area contributed by atoms with Crippen LogP contribution in [0.1, 0.15) is 30.4 Å². The number of fused-ring (bicyclic) bond motifs is 1. The van der Waals surface area contributed by atoms with E-state index in [1.807, 2.05) is 49.4 Å². The van der Waals surface area contributed by atoms with Crippen molar-refractivity contribution in [2.45, 2.75) is 19.3 Å². The molecule has 1 heterocycles. The lowest BCUT2D eigenvalue weighted by molar-refractivity contribution is -0.136. The van der Waals surface area contributed by atoms with Crippen LogP contribution < -0.4 is 24.7 Å². The summed E-state index contributed by atoms with van der Waals surface area (Å²) >= 11 is 0. The maximum Gasteiger partial charge on any atom is 0.349 e. The van der Waals surface area contributed by atoms with Crippen LogP contribution >= 0.6 is 0 Å². The van der Waals surface area contributed by atoms with Gasteiger partial charge in [-0.3, -0.25) is 0 Å². The Hall–Kier alpha value is -4.44. The highest BCUT2D eigenvalue weighted by atomic mass is 16.6. The minimum Gasteiger partial charge on any atom is -0.494 e. The van der Waals surface area contributed by atoms with E-state index in [1.54, 1.807) is 30.3 Å². The number of nitriles is 1. The second-order valence-electron chi connectivity index (χ2n) is 7.62. The van der Waals surface area contributed by atoms with Crippen LogP contribution in [0, 0.1) is 11.3 Å². The first-order valence-corrected chi connectivity index (χ1v) is 10.9. The number of rotatable bonds is 8. The summed E-state index contributed by atoms with van der Waals surface area (Å²) in [5.41, 5.74) is 8.00. The average molecular weight is 456 g/mol. The van der Waals surface area contributed by atoms with Crippen LogP contribution in [-0.2, 0) is 4.79 Å². The van der Waals surface area contributed by atoms with Gasteiger partial charge in [-0.25, -0.2) is 4.79 Å². The van der Waals surface area contributed by atoms with E-state index in [9.17, 15) is 10.1 Å². The quantitative estimate of drug-likeness (QED) is 0.388. The molecule has 0 amide bonds. The lowest BCUT2D eigenvalue weighted by atomic mass is 9.83. The molecule has 1 aliphatic heterocycles. The number of ether oxygens (including phenoxy) is 4. The molecule has 0 aromatic heterocycles. The molecule has 0 aliphatic carbocycles. The van der Waals surface area contributed by atoms with Gasteiger partial charge in [-0.2, -0.15) is 5.26 Å². The Morgan fingerprint density at radius 3 is 2.41 bits per heavy atom. The highest BCUT2D eigenvalue weighted by Crippen LogP contribution is 2.43. The lowest BCUT2D eigenvalue weighted by Crippen LogP contribution is -2.21. The molecule has 3 aromatic rings. The Morgan fingerprint density at radius 1 is 1.00 bits per heavy atom. The molecule has 2 N–H and O–H groups in total. The van der Waals surface area contributed by atoms with Crippen molar-refractivity contribution in [1.29, 1.82) is 5.26 Å². The Labute approximate surface area is 197 Å². The minimum absolute atomic E-state index is 0.0159. The lowest BCUT2D eigenvalue weighted by Gasteiger charge is -2.26. The zero-order chi connectivity index (χ0) is 23.9. The summed E-state index contributed by atoms with van der Waals surface area (Å²) in [4.78, 5) is 12.2. The van der Waals surface area contributed by atoms with Crippen molar-refractivity contribution in [1.82, 2.24) is 0 Å². The van der Waals surface area contributed by atoms with Gasteiger partial charge in [0.25, 0.3) is 0 Å². The molecule has 7 nitrogen and oxygen atoms in total. The maximum atomic E-state index is 12.2. The van der Waals surface area contributed by atoms with Crippen LogP contribution in [0.2, 0.25) is 0 Å². The summed E-state index contributed by atoms with van der Waals surface area (Å²) in [6.45, 7) is 2.44. The Kier molecular flexibility index (Phi) is 6.99. The topological polar surface area (TPSA) is 104 Å². The first-order chi connectivity index (χ1) is 16.6. The van der Waals surface area contributed by atoms with E-state index in [0.29, 0.717) is 23.7 Å². The van der Waals surface area contributed by atoms with Gasteiger partial charge in [0.1, 0.15) is 34.6 Å². The van der Waals surface area contributed by atoms with Crippen molar-refractivity contribution in [2.24, 2.45) is 5.73 Å². The monoisotopic (exact) mass is 456 g/mol. The van der Waals surface area contributed by atoms with Gasteiger partial charge in [0.15, 0.2) is 6.61 Å². The van der Waals surface area contributed by atoms with Crippen molar-refractivity contribution in [3.63, 3.8) is 0 Å². The predicted molar refractivity (Wildman–Crippen MR) is 126 cm³/mol. The van der Waals surface area contributed by atoms with Gasteiger partial charge >= 0.3 is 5.97 Å². The van der Waals surface area contributed by atoms with E-state index in [1.165, 1.54) is 0 Å². The smallest absolute Gasteiger partial charge is 0.349 e. The predicted octanol–water partition coefficient (Wildman–Crippen LogP) is 4.68. The Morgan fingerprint density at radius 2 is 1.71 bits per heavy atom. The maximum absolute atomic E-state index is 12.2. The summed E-state index contributed by atoms with van der Waals surface area (Å²) in [7, 11) is 0. The van der Waals surface area contributed by atoms with Gasteiger partial charge in [0, 0.05) is 11.6 Å². The highest BCUT2D eigenvalue weighted by Gasteiger charge is 2.31. The summed E-state index contributed by atoms with van der Waals surface area (Å²) in [5.74, 6) is 1.08. The van der Waals surface area contributed by atoms with Gasteiger partial charge in [-0.05, 0) is 42.3 Å². The van der Waals surface area contributed by atoms with E-state index in [-0.39, 0.29) is 18.2 Å². The summed E-state index contributed by atoms with van der Waals surface area (Å²) in [5, 5.41) is 9.74. The fourth-order valence-electron chi connectivity index (χ4n) is 3.64. The zero-order valence-electron chi connectivity index (χ0n) is 18.7. The van der Waals surface area contributed by atoms with Crippen LogP contribution in [0.15, 0.2) is 84.3 Å². The first kappa shape index (κ1) is 22.7. The van der Waals surface area contributed by atoms with Crippen molar-refractivity contribution >= 4 is 5.97 Å². The minimum atomic E-state index is -0.556. The molecule has 7 heteroatoms. The Balaban J connectivity index is 1.53. The first-order valence-electron chi connectivity index (χ1n) is 10.9. The van der Waals surface area contributed by atoms with Crippen molar-refractivity contribution in [3.05, 3.63) is 95.4 Å². The molecule has 3 aromatic carbocycles. The molecule has 0 fully saturated rings. The number of esters is 1. The number of benzene rings is 3. The third kappa shape index (κ3) is 5.13. The highest BCUT2D eigenvalue weighted by molar-refractivity contribution is 5.74. The van der Waals surface area contributed by atoms with E-state index in [2.05, 4.69) is 6.07 Å². The number of carbonyl (C=O) groups is 1. The van der Waals surface area contributed by atoms with Crippen LogP contribution in [0.4, 0.5) is 0 Å². The number of nitrogens with two attached hydrogens (primary N) is 1. The average Bonchev–Trinajstić information content (AvgIpc) is 2.86. The van der Waals surface area contributed by atoms with E-state index in [4.69, 9.17) is 24.7 Å². The third-order valence-electron chi connectivity index (χ3n) is 5.21. The van der Waals surface area contributed by atoms with Gasteiger partial charge in [-0.15, -0.1) is 0 Å². The van der Waals surface area contributed by atoms with Crippen LogP contribution in [0.3, 0.4) is 0 Å². The number of hydrogen-bond donors (Lipinski definition) is 1. The fourth-order valence-corrected chi connectivity index (χ4v) is 3.64. The summed E-state index contributed by atoms with van der Waals surface area (Å²) < 4.78 is 22.2. The molecule has 0 saturated heterocycles. The molecule has 1 unspecified atom stereocenters. The number of hydrogen-bond acceptors (Lipinski definition) is 7. The SMILES string of the molecule is CCCOc1ccc(C2C(C#N)=C(N)Oc3cc(OC(=O)COc4ccccc4)ccc32)cc1. The number of carbonyl (C=O) groups excluding carboxylic acids is 1. The van der Waals surface area contributed by atoms with E-state index >= 15 is 0 Å².